The number of aryl methyl sites for hydroxylation is 1. The number of hydrogen-bond donors (Lipinski definition) is 1. The first kappa shape index (κ1) is 13.5. The molecule has 5 heteroatoms. The first-order valence-corrected chi connectivity index (χ1v) is 6.33. The van der Waals surface area contributed by atoms with Gasteiger partial charge in [0.05, 0.1) is 6.04 Å². The molecule has 0 bridgehead atoms. The molecule has 2 rings (SSSR count). The molecule has 0 fully saturated rings. The van der Waals surface area contributed by atoms with E-state index in [4.69, 9.17) is 4.52 Å². The van der Waals surface area contributed by atoms with Gasteiger partial charge in [0.1, 0.15) is 5.82 Å². The van der Waals surface area contributed by atoms with E-state index in [-0.39, 0.29) is 17.8 Å². The lowest BCUT2D eigenvalue weighted by Gasteiger charge is -2.12. The van der Waals surface area contributed by atoms with Crippen molar-refractivity contribution in [2.45, 2.75) is 39.7 Å². The van der Waals surface area contributed by atoms with Crippen molar-refractivity contribution in [1.29, 1.82) is 0 Å². The average molecular weight is 263 g/mol. The Balaban J connectivity index is 2.11. The van der Waals surface area contributed by atoms with Crippen LogP contribution in [0.3, 0.4) is 0 Å². The molecule has 1 unspecified atom stereocenters. The van der Waals surface area contributed by atoms with Crippen LogP contribution in [0.4, 0.5) is 10.4 Å². The number of hydrogen-bond acceptors (Lipinski definition) is 4. The summed E-state index contributed by atoms with van der Waals surface area (Å²) in [6.45, 7) is 7.65. The molecule has 1 aromatic carbocycles. The lowest BCUT2D eigenvalue weighted by Crippen LogP contribution is -2.07. The van der Waals surface area contributed by atoms with Crippen molar-refractivity contribution in [2.24, 2.45) is 0 Å². The highest BCUT2D eigenvalue weighted by molar-refractivity contribution is 5.31. The van der Waals surface area contributed by atoms with E-state index in [1.807, 2.05) is 26.8 Å². The summed E-state index contributed by atoms with van der Waals surface area (Å²) in [5.41, 5.74) is 1.48. The van der Waals surface area contributed by atoms with Gasteiger partial charge in [0.15, 0.2) is 5.82 Å². The summed E-state index contributed by atoms with van der Waals surface area (Å²) in [7, 11) is 0. The lowest BCUT2D eigenvalue weighted by molar-refractivity contribution is 0.416. The summed E-state index contributed by atoms with van der Waals surface area (Å²) >= 11 is 0. The molecule has 0 aliphatic rings. The van der Waals surface area contributed by atoms with Crippen molar-refractivity contribution < 1.29 is 8.91 Å². The van der Waals surface area contributed by atoms with Crippen LogP contribution in [0.1, 0.15) is 49.7 Å². The Bertz CT molecular complexity index is 566. The second-order valence-corrected chi connectivity index (χ2v) is 4.99. The monoisotopic (exact) mass is 263 g/mol. The molecule has 2 aromatic rings. The molecule has 0 saturated heterocycles. The Labute approximate surface area is 112 Å². The van der Waals surface area contributed by atoms with Crippen molar-refractivity contribution in [3.8, 4) is 0 Å². The standard InChI is InChI=1S/C14H18FN3O/c1-8(2)13-17-14(19-18-13)16-10(4)11-6-5-9(3)12(15)7-11/h5-8,10H,1-4H3,(H,16,17,18). The number of halogens is 1. The quantitative estimate of drug-likeness (QED) is 0.911. The van der Waals surface area contributed by atoms with Crippen molar-refractivity contribution >= 4 is 6.01 Å². The van der Waals surface area contributed by atoms with E-state index in [2.05, 4.69) is 15.5 Å². The molecule has 4 nitrogen and oxygen atoms in total. The van der Waals surface area contributed by atoms with Crippen LogP contribution < -0.4 is 5.32 Å². The smallest absolute Gasteiger partial charge is 0.321 e. The van der Waals surface area contributed by atoms with Gasteiger partial charge in [-0.25, -0.2) is 4.39 Å². The minimum Gasteiger partial charge on any atom is -0.331 e. The summed E-state index contributed by atoms with van der Waals surface area (Å²) in [5.74, 6) is 0.663. The Morgan fingerprint density at radius 3 is 2.58 bits per heavy atom. The van der Waals surface area contributed by atoms with E-state index >= 15 is 0 Å². The Hall–Kier alpha value is -1.91. The summed E-state index contributed by atoms with van der Waals surface area (Å²) in [6.07, 6.45) is 0. The molecule has 0 spiro atoms. The molecule has 0 radical (unpaired) electrons. The van der Waals surface area contributed by atoms with Gasteiger partial charge in [0.25, 0.3) is 0 Å². The molecule has 19 heavy (non-hydrogen) atoms. The zero-order valence-electron chi connectivity index (χ0n) is 11.6. The van der Waals surface area contributed by atoms with Crippen molar-refractivity contribution in [1.82, 2.24) is 10.1 Å². The van der Waals surface area contributed by atoms with Crippen LogP contribution in [0.5, 0.6) is 0 Å². The number of rotatable bonds is 4. The van der Waals surface area contributed by atoms with E-state index in [0.717, 1.165) is 5.56 Å². The van der Waals surface area contributed by atoms with Crippen LogP contribution in [0, 0.1) is 12.7 Å². The van der Waals surface area contributed by atoms with Crippen LogP contribution in [0.15, 0.2) is 22.7 Å². The zero-order valence-corrected chi connectivity index (χ0v) is 11.6. The number of benzene rings is 1. The van der Waals surface area contributed by atoms with Crippen LogP contribution in [-0.2, 0) is 0 Å². The van der Waals surface area contributed by atoms with E-state index < -0.39 is 0 Å². The first-order valence-electron chi connectivity index (χ1n) is 6.33. The lowest BCUT2D eigenvalue weighted by atomic mass is 10.1. The Morgan fingerprint density at radius 2 is 2.00 bits per heavy atom. The van der Waals surface area contributed by atoms with Crippen molar-refractivity contribution in [2.75, 3.05) is 5.32 Å². The molecule has 0 aliphatic heterocycles. The third-order valence-corrected chi connectivity index (χ3v) is 2.99. The van der Waals surface area contributed by atoms with Gasteiger partial charge >= 0.3 is 6.01 Å². The molecule has 1 heterocycles. The maximum atomic E-state index is 13.5. The molecule has 0 aliphatic carbocycles. The molecule has 102 valence electrons. The van der Waals surface area contributed by atoms with Crippen LogP contribution >= 0.6 is 0 Å². The Morgan fingerprint density at radius 1 is 1.26 bits per heavy atom. The number of nitrogens with one attached hydrogen (secondary N) is 1. The second-order valence-electron chi connectivity index (χ2n) is 4.99. The van der Waals surface area contributed by atoms with Gasteiger partial charge in [-0.05, 0) is 31.0 Å². The molecule has 0 saturated carbocycles. The fraction of sp³-hybridized carbons (Fsp3) is 0.429. The largest absolute Gasteiger partial charge is 0.331 e. The fourth-order valence-corrected chi connectivity index (χ4v) is 1.67. The van der Waals surface area contributed by atoms with Gasteiger partial charge < -0.3 is 9.84 Å². The number of nitrogens with zero attached hydrogens (tertiary/aromatic N) is 2. The third-order valence-electron chi connectivity index (χ3n) is 2.99. The fourth-order valence-electron chi connectivity index (χ4n) is 1.67. The van der Waals surface area contributed by atoms with E-state index in [0.29, 0.717) is 17.4 Å². The average Bonchev–Trinajstić information content (AvgIpc) is 2.81. The Kier molecular flexibility index (Phi) is 3.83. The normalized spacial score (nSPS) is 12.7. The van der Waals surface area contributed by atoms with Crippen molar-refractivity contribution in [3.63, 3.8) is 0 Å². The molecule has 0 amide bonds. The minimum atomic E-state index is -0.209. The second kappa shape index (κ2) is 5.38. The maximum absolute atomic E-state index is 13.5. The van der Waals surface area contributed by atoms with E-state index in [1.54, 1.807) is 13.0 Å². The summed E-state index contributed by atoms with van der Waals surface area (Å²) < 4.78 is 18.6. The van der Waals surface area contributed by atoms with Crippen LogP contribution in [0.25, 0.3) is 0 Å². The van der Waals surface area contributed by atoms with Gasteiger partial charge in [-0.1, -0.05) is 31.1 Å². The van der Waals surface area contributed by atoms with Crippen LogP contribution in [0.2, 0.25) is 0 Å². The molecular formula is C14H18FN3O. The predicted molar refractivity (Wildman–Crippen MR) is 71.6 cm³/mol. The third kappa shape index (κ3) is 3.10. The van der Waals surface area contributed by atoms with Gasteiger partial charge in [-0.2, -0.15) is 4.98 Å². The highest BCUT2D eigenvalue weighted by Gasteiger charge is 2.13. The van der Waals surface area contributed by atoms with E-state index in [1.165, 1.54) is 6.07 Å². The minimum absolute atomic E-state index is 0.101. The molecule has 1 N–H and O–H groups in total. The summed E-state index contributed by atoms with van der Waals surface area (Å²) in [5, 5.41) is 6.94. The topological polar surface area (TPSA) is 51.0 Å². The van der Waals surface area contributed by atoms with Gasteiger partial charge in [0, 0.05) is 5.92 Å². The summed E-state index contributed by atoms with van der Waals surface area (Å²) in [6, 6.07) is 5.42. The van der Waals surface area contributed by atoms with E-state index in [9.17, 15) is 4.39 Å². The molecular weight excluding hydrogens is 245 g/mol. The van der Waals surface area contributed by atoms with Gasteiger partial charge in [-0.3, -0.25) is 0 Å². The summed E-state index contributed by atoms with van der Waals surface area (Å²) in [4.78, 5) is 4.23. The van der Waals surface area contributed by atoms with Gasteiger partial charge in [0.2, 0.25) is 0 Å². The molecule has 1 aromatic heterocycles. The maximum Gasteiger partial charge on any atom is 0.321 e. The number of aromatic nitrogens is 2. The highest BCUT2D eigenvalue weighted by Crippen LogP contribution is 2.21. The number of anilines is 1. The SMILES string of the molecule is Cc1ccc(C(C)Nc2nc(C(C)C)no2)cc1F. The van der Waals surface area contributed by atoms with Crippen LogP contribution in [-0.4, -0.2) is 10.1 Å². The predicted octanol–water partition coefficient (Wildman–Crippen LogP) is 3.81. The van der Waals surface area contributed by atoms with Gasteiger partial charge in [-0.15, -0.1) is 0 Å². The van der Waals surface area contributed by atoms with Crippen molar-refractivity contribution in [3.05, 3.63) is 41.0 Å². The first-order chi connectivity index (χ1) is 8.97. The zero-order chi connectivity index (χ0) is 14.0. The highest BCUT2D eigenvalue weighted by atomic mass is 19.1. The molecule has 1 atom stereocenters.